The van der Waals surface area contributed by atoms with Gasteiger partial charge in [0.1, 0.15) is 5.00 Å². The number of ether oxygens (including phenoxy) is 2. The highest BCUT2D eigenvalue weighted by molar-refractivity contribution is 7.17. The van der Waals surface area contributed by atoms with Crippen LogP contribution in [0.5, 0.6) is 0 Å². The van der Waals surface area contributed by atoms with Crippen LogP contribution < -0.4 is 5.32 Å². The van der Waals surface area contributed by atoms with E-state index in [2.05, 4.69) is 12.2 Å². The van der Waals surface area contributed by atoms with Gasteiger partial charge in [-0.25, -0.2) is 4.79 Å². The summed E-state index contributed by atoms with van der Waals surface area (Å²) in [7, 11) is 0. The SMILES string of the molecule is CCOC(=O)c1c(NC(=O)[C@@H](OC(C)=O)c2ccccc2)sc2c1CC[C@H](C)C2. The van der Waals surface area contributed by atoms with Crippen molar-refractivity contribution in [2.75, 3.05) is 11.9 Å². The molecule has 1 amide bonds. The molecule has 1 aromatic carbocycles. The summed E-state index contributed by atoms with van der Waals surface area (Å²) in [5.41, 5.74) is 1.96. The van der Waals surface area contributed by atoms with Crippen LogP contribution in [0.4, 0.5) is 5.00 Å². The van der Waals surface area contributed by atoms with Gasteiger partial charge in [-0.15, -0.1) is 11.3 Å². The molecule has 1 N–H and O–H groups in total. The number of carbonyl (C=O) groups is 3. The molecule has 1 aliphatic carbocycles. The Morgan fingerprint density at radius 1 is 1.24 bits per heavy atom. The van der Waals surface area contributed by atoms with Gasteiger partial charge in [-0.1, -0.05) is 37.3 Å². The van der Waals surface area contributed by atoms with E-state index in [0.29, 0.717) is 22.0 Å². The molecule has 3 rings (SSSR count). The predicted octanol–water partition coefficient (Wildman–Crippen LogP) is 4.29. The Kier molecular flexibility index (Phi) is 6.69. The van der Waals surface area contributed by atoms with Crippen LogP contribution in [0.1, 0.15) is 59.7 Å². The molecule has 1 aromatic heterocycles. The van der Waals surface area contributed by atoms with Gasteiger partial charge in [0, 0.05) is 17.4 Å². The zero-order chi connectivity index (χ0) is 21.0. The van der Waals surface area contributed by atoms with Crippen molar-refractivity contribution in [2.24, 2.45) is 5.92 Å². The zero-order valence-electron chi connectivity index (χ0n) is 16.8. The largest absolute Gasteiger partial charge is 0.462 e. The summed E-state index contributed by atoms with van der Waals surface area (Å²) >= 11 is 1.41. The summed E-state index contributed by atoms with van der Waals surface area (Å²) in [6.45, 7) is 5.45. The van der Waals surface area contributed by atoms with Crippen molar-refractivity contribution in [1.29, 1.82) is 0 Å². The molecule has 0 fully saturated rings. The van der Waals surface area contributed by atoms with Crippen LogP contribution >= 0.6 is 11.3 Å². The second kappa shape index (κ2) is 9.22. The third-order valence-electron chi connectivity index (χ3n) is 4.85. The molecule has 0 radical (unpaired) electrons. The van der Waals surface area contributed by atoms with E-state index in [4.69, 9.17) is 9.47 Å². The third kappa shape index (κ3) is 4.85. The summed E-state index contributed by atoms with van der Waals surface area (Å²) in [6.07, 6.45) is 1.54. The number of carbonyl (C=O) groups excluding carboxylic acids is 3. The van der Waals surface area contributed by atoms with Gasteiger partial charge in [-0.05, 0) is 37.7 Å². The summed E-state index contributed by atoms with van der Waals surface area (Å²) in [4.78, 5) is 38.3. The highest BCUT2D eigenvalue weighted by atomic mass is 32.1. The molecule has 7 heteroatoms. The molecule has 0 unspecified atom stereocenters. The van der Waals surface area contributed by atoms with Crippen LogP contribution in [-0.2, 0) is 31.9 Å². The van der Waals surface area contributed by atoms with Crippen LogP contribution in [0.25, 0.3) is 0 Å². The van der Waals surface area contributed by atoms with Gasteiger partial charge in [-0.3, -0.25) is 9.59 Å². The molecule has 154 valence electrons. The van der Waals surface area contributed by atoms with Crippen LogP contribution in [0.2, 0.25) is 0 Å². The summed E-state index contributed by atoms with van der Waals surface area (Å²) in [5, 5.41) is 3.29. The standard InChI is InChI=1S/C22H25NO5S/c1-4-27-22(26)18-16-11-10-13(2)12-17(16)29-21(18)23-20(25)19(28-14(3)24)15-8-6-5-7-9-15/h5-9,13,19H,4,10-12H2,1-3H3,(H,23,25)/t13-,19-/m0/s1. The van der Waals surface area contributed by atoms with Crippen LogP contribution in [0.3, 0.4) is 0 Å². The highest BCUT2D eigenvalue weighted by Gasteiger charge is 2.31. The average Bonchev–Trinajstić information content (AvgIpc) is 3.03. The van der Waals surface area contributed by atoms with E-state index in [-0.39, 0.29) is 6.61 Å². The number of rotatable bonds is 6. The van der Waals surface area contributed by atoms with Crippen LogP contribution in [0.15, 0.2) is 30.3 Å². The fourth-order valence-electron chi connectivity index (χ4n) is 3.50. The normalized spacial score (nSPS) is 16.4. The van der Waals surface area contributed by atoms with Crippen LogP contribution in [-0.4, -0.2) is 24.5 Å². The Labute approximate surface area is 174 Å². The van der Waals surface area contributed by atoms with Crippen LogP contribution in [0, 0.1) is 5.92 Å². The molecule has 29 heavy (non-hydrogen) atoms. The van der Waals surface area contributed by atoms with Crippen molar-refractivity contribution < 1.29 is 23.9 Å². The number of nitrogens with one attached hydrogen (secondary N) is 1. The van der Waals surface area contributed by atoms with Gasteiger partial charge in [0.15, 0.2) is 0 Å². The molecular weight excluding hydrogens is 390 g/mol. The fourth-order valence-corrected chi connectivity index (χ4v) is 4.90. The highest BCUT2D eigenvalue weighted by Crippen LogP contribution is 2.40. The molecule has 0 spiro atoms. The van der Waals surface area contributed by atoms with E-state index in [1.807, 2.05) is 6.07 Å². The van der Waals surface area contributed by atoms with E-state index < -0.39 is 23.9 Å². The average molecular weight is 416 g/mol. The second-order valence-corrected chi connectivity index (χ2v) is 8.27. The third-order valence-corrected chi connectivity index (χ3v) is 6.02. The number of fused-ring (bicyclic) bond motifs is 1. The maximum atomic E-state index is 13.0. The van der Waals surface area contributed by atoms with Crippen molar-refractivity contribution in [3.63, 3.8) is 0 Å². The van der Waals surface area contributed by atoms with E-state index in [1.165, 1.54) is 18.3 Å². The van der Waals surface area contributed by atoms with E-state index in [1.54, 1.807) is 31.2 Å². The first-order valence-electron chi connectivity index (χ1n) is 9.75. The van der Waals surface area contributed by atoms with Crippen molar-refractivity contribution in [2.45, 2.75) is 46.1 Å². The number of amides is 1. The zero-order valence-corrected chi connectivity index (χ0v) is 17.6. The van der Waals surface area contributed by atoms with Gasteiger partial charge in [-0.2, -0.15) is 0 Å². The number of hydrogen-bond donors (Lipinski definition) is 1. The number of anilines is 1. The minimum atomic E-state index is -1.10. The Morgan fingerprint density at radius 3 is 2.62 bits per heavy atom. The number of esters is 2. The second-order valence-electron chi connectivity index (χ2n) is 7.17. The molecular formula is C22H25NO5S. The molecule has 6 nitrogen and oxygen atoms in total. The Morgan fingerprint density at radius 2 is 1.97 bits per heavy atom. The van der Waals surface area contributed by atoms with Gasteiger partial charge < -0.3 is 14.8 Å². The van der Waals surface area contributed by atoms with Gasteiger partial charge in [0.2, 0.25) is 6.10 Å². The number of thiophene rings is 1. The lowest BCUT2D eigenvalue weighted by molar-refractivity contribution is -0.152. The van der Waals surface area contributed by atoms with Crippen molar-refractivity contribution in [1.82, 2.24) is 0 Å². The van der Waals surface area contributed by atoms with Crippen molar-refractivity contribution in [3.8, 4) is 0 Å². The van der Waals surface area contributed by atoms with E-state index in [9.17, 15) is 14.4 Å². The van der Waals surface area contributed by atoms with E-state index in [0.717, 1.165) is 29.7 Å². The minimum Gasteiger partial charge on any atom is -0.462 e. The lowest BCUT2D eigenvalue weighted by Crippen LogP contribution is -2.25. The monoisotopic (exact) mass is 415 g/mol. The molecule has 0 bridgehead atoms. The summed E-state index contributed by atoms with van der Waals surface area (Å²) in [6, 6.07) is 8.81. The lowest BCUT2D eigenvalue weighted by Gasteiger charge is -2.18. The van der Waals surface area contributed by atoms with Crippen molar-refractivity contribution in [3.05, 3.63) is 51.9 Å². The molecule has 2 atom stereocenters. The first-order chi connectivity index (χ1) is 13.9. The molecule has 0 saturated carbocycles. The summed E-state index contributed by atoms with van der Waals surface area (Å²) < 4.78 is 10.5. The van der Waals surface area contributed by atoms with Gasteiger partial charge >= 0.3 is 11.9 Å². The lowest BCUT2D eigenvalue weighted by atomic mass is 9.88. The number of benzene rings is 1. The van der Waals surface area contributed by atoms with E-state index >= 15 is 0 Å². The van der Waals surface area contributed by atoms with Gasteiger partial charge in [0.25, 0.3) is 5.91 Å². The molecule has 1 heterocycles. The Balaban J connectivity index is 1.94. The molecule has 1 aliphatic rings. The first-order valence-corrected chi connectivity index (χ1v) is 10.6. The smallest absolute Gasteiger partial charge is 0.341 e. The predicted molar refractivity (Wildman–Crippen MR) is 111 cm³/mol. The maximum absolute atomic E-state index is 13.0. The first kappa shape index (κ1) is 21.0. The van der Waals surface area contributed by atoms with Gasteiger partial charge in [0.05, 0.1) is 12.2 Å². The maximum Gasteiger partial charge on any atom is 0.341 e. The topological polar surface area (TPSA) is 81.7 Å². The summed E-state index contributed by atoms with van der Waals surface area (Å²) in [5.74, 6) is -0.959. The quantitative estimate of drug-likeness (QED) is 0.712. The molecule has 0 saturated heterocycles. The van der Waals surface area contributed by atoms with Crippen molar-refractivity contribution >= 4 is 34.2 Å². The number of hydrogen-bond acceptors (Lipinski definition) is 6. The minimum absolute atomic E-state index is 0.257. The molecule has 0 aliphatic heterocycles. The fraction of sp³-hybridized carbons (Fsp3) is 0.409. The Hall–Kier alpha value is -2.67. The molecule has 2 aromatic rings. The Bertz CT molecular complexity index is 905.